The second-order valence-corrected chi connectivity index (χ2v) is 7.83. The molecule has 1 aliphatic heterocycles. The molecule has 4 heteroatoms. The van der Waals surface area contributed by atoms with E-state index in [0.717, 1.165) is 22.7 Å². The first kappa shape index (κ1) is 14.5. The molecule has 1 aliphatic carbocycles. The average molecular weight is 353 g/mol. The fourth-order valence-corrected chi connectivity index (χ4v) is 4.69. The third kappa shape index (κ3) is 3.59. The highest BCUT2D eigenvalue weighted by Gasteiger charge is 2.34. The normalized spacial score (nSPS) is 21.6. The Morgan fingerprint density at radius 3 is 2.80 bits per heavy atom. The van der Waals surface area contributed by atoms with Crippen LogP contribution in [0, 0.1) is 5.41 Å². The zero-order valence-corrected chi connectivity index (χ0v) is 14.1. The van der Waals surface area contributed by atoms with E-state index in [2.05, 4.69) is 45.5 Å². The molecule has 0 radical (unpaired) electrons. The summed E-state index contributed by atoms with van der Waals surface area (Å²) >= 11 is 5.43. The second-order valence-electron chi connectivity index (χ2n) is 5.95. The summed E-state index contributed by atoms with van der Waals surface area (Å²) in [4.78, 5) is 4.80. The van der Waals surface area contributed by atoms with Gasteiger partial charge in [0.15, 0.2) is 5.17 Å². The zero-order chi connectivity index (χ0) is 13.8. The van der Waals surface area contributed by atoms with Crippen LogP contribution in [0.2, 0.25) is 0 Å². The fourth-order valence-electron chi connectivity index (χ4n) is 3.09. The molecule has 0 amide bonds. The van der Waals surface area contributed by atoms with Gasteiger partial charge in [-0.1, -0.05) is 59.1 Å². The maximum absolute atomic E-state index is 4.80. The maximum Gasteiger partial charge on any atom is 0.156 e. The summed E-state index contributed by atoms with van der Waals surface area (Å²) in [6, 6.07) is 8.44. The van der Waals surface area contributed by atoms with Crippen LogP contribution >= 0.6 is 27.7 Å². The van der Waals surface area contributed by atoms with E-state index in [4.69, 9.17) is 4.99 Å². The standard InChI is InChI=1S/C16H21BrN2S/c17-14-6-4-5-13(9-14)10-18-15-19-11-16(12-20-15)7-2-1-3-8-16/h4-6,9H,1-3,7-8,10-12H2,(H,18,19). The van der Waals surface area contributed by atoms with Crippen molar-refractivity contribution in [2.75, 3.05) is 12.3 Å². The number of nitrogens with zero attached hydrogens (tertiary/aromatic N) is 1. The zero-order valence-electron chi connectivity index (χ0n) is 11.7. The van der Waals surface area contributed by atoms with Crippen LogP contribution in [0.15, 0.2) is 33.7 Å². The van der Waals surface area contributed by atoms with Gasteiger partial charge in [0.25, 0.3) is 0 Å². The number of benzene rings is 1. The number of amidine groups is 1. The predicted molar refractivity (Wildman–Crippen MR) is 91.3 cm³/mol. The van der Waals surface area contributed by atoms with E-state index in [1.54, 1.807) is 0 Å². The van der Waals surface area contributed by atoms with Crippen LogP contribution in [0.25, 0.3) is 0 Å². The van der Waals surface area contributed by atoms with E-state index >= 15 is 0 Å². The molecule has 1 aromatic carbocycles. The molecule has 1 aromatic rings. The van der Waals surface area contributed by atoms with E-state index in [9.17, 15) is 0 Å². The molecule has 0 aromatic heterocycles. The summed E-state index contributed by atoms with van der Waals surface area (Å²) in [6.45, 7) is 1.89. The molecule has 2 aliphatic rings. The third-order valence-corrected chi connectivity index (χ3v) is 6.12. The molecule has 1 heterocycles. The van der Waals surface area contributed by atoms with Crippen LogP contribution in [0.4, 0.5) is 0 Å². The van der Waals surface area contributed by atoms with Crippen molar-refractivity contribution in [2.24, 2.45) is 10.4 Å². The number of hydrogen-bond acceptors (Lipinski definition) is 3. The lowest BCUT2D eigenvalue weighted by Crippen LogP contribution is -2.36. The SMILES string of the molecule is Brc1cccc(CNC2=NCC3(CCCCC3)CS2)c1. The van der Waals surface area contributed by atoms with Crippen molar-refractivity contribution in [3.8, 4) is 0 Å². The molecule has 20 heavy (non-hydrogen) atoms. The molecule has 3 rings (SSSR count). The van der Waals surface area contributed by atoms with Crippen molar-refractivity contribution >= 4 is 32.9 Å². The van der Waals surface area contributed by atoms with Gasteiger partial charge in [0.1, 0.15) is 0 Å². The molecule has 1 spiro atoms. The lowest BCUT2D eigenvalue weighted by Gasteiger charge is -2.38. The molecule has 0 atom stereocenters. The van der Waals surface area contributed by atoms with Crippen molar-refractivity contribution < 1.29 is 0 Å². The van der Waals surface area contributed by atoms with Crippen molar-refractivity contribution in [1.82, 2.24) is 5.32 Å². The maximum atomic E-state index is 4.80. The summed E-state index contributed by atoms with van der Waals surface area (Å²) in [7, 11) is 0. The summed E-state index contributed by atoms with van der Waals surface area (Å²) in [6.07, 6.45) is 6.97. The minimum absolute atomic E-state index is 0.518. The minimum atomic E-state index is 0.518. The van der Waals surface area contributed by atoms with Crippen molar-refractivity contribution in [3.63, 3.8) is 0 Å². The van der Waals surface area contributed by atoms with Gasteiger partial charge in [-0.3, -0.25) is 4.99 Å². The Morgan fingerprint density at radius 2 is 2.10 bits per heavy atom. The van der Waals surface area contributed by atoms with Crippen LogP contribution in [0.1, 0.15) is 37.7 Å². The molecular formula is C16H21BrN2S. The highest BCUT2D eigenvalue weighted by atomic mass is 79.9. The monoisotopic (exact) mass is 352 g/mol. The first-order valence-electron chi connectivity index (χ1n) is 7.41. The number of thioether (sulfide) groups is 1. The van der Waals surface area contributed by atoms with Gasteiger partial charge in [-0.15, -0.1) is 0 Å². The second kappa shape index (κ2) is 6.52. The van der Waals surface area contributed by atoms with Gasteiger partial charge in [-0.05, 0) is 36.0 Å². The Hall–Kier alpha value is -0.480. The summed E-state index contributed by atoms with van der Waals surface area (Å²) < 4.78 is 1.14. The van der Waals surface area contributed by atoms with Crippen molar-refractivity contribution in [3.05, 3.63) is 34.3 Å². The van der Waals surface area contributed by atoms with Gasteiger partial charge in [-0.25, -0.2) is 0 Å². The van der Waals surface area contributed by atoms with Crippen molar-refractivity contribution in [1.29, 1.82) is 0 Å². The van der Waals surface area contributed by atoms with Crippen LogP contribution in [0.3, 0.4) is 0 Å². The van der Waals surface area contributed by atoms with Crippen LogP contribution in [0.5, 0.6) is 0 Å². The van der Waals surface area contributed by atoms with Crippen LogP contribution in [-0.2, 0) is 6.54 Å². The third-order valence-electron chi connectivity index (χ3n) is 4.32. The average Bonchev–Trinajstić information content (AvgIpc) is 2.48. The highest BCUT2D eigenvalue weighted by Crippen LogP contribution is 2.41. The Kier molecular flexibility index (Phi) is 4.72. The lowest BCUT2D eigenvalue weighted by atomic mass is 9.75. The summed E-state index contributed by atoms with van der Waals surface area (Å²) in [5.74, 6) is 1.25. The Bertz CT molecular complexity index is 495. The quantitative estimate of drug-likeness (QED) is 0.841. The molecule has 1 fully saturated rings. The molecule has 2 nitrogen and oxygen atoms in total. The molecule has 1 N–H and O–H groups in total. The van der Waals surface area contributed by atoms with Gasteiger partial charge >= 0.3 is 0 Å². The molecule has 0 bridgehead atoms. The van der Waals surface area contributed by atoms with Crippen molar-refractivity contribution in [2.45, 2.75) is 38.6 Å². The van der Waals surface area contributed by atoms with Gasteiger partial charge in [0.05, 0.1) is 0 Å². The first-order valence-corrected chi connectivity index (χ1v) is 9.19. The largest absolute Gasteiger partial charge is 0.361 e. The van der Waals surface area contributed by atoms with E-state index < -0.39 is 0 Å². The number of hydrogen-bond donors (Lipinski definition) is 1. The molecule has 0 saturated heterocycles. The number of nitrogens with one attached hydrogen (secondary N) is 1. The van der Waals surface area contributed by atoms with E-state index in [1.165, 1.54) is 43.4 Å². The Labute approximate surface area is 134 Å². The highest BCUT2D eigenvalue weighted by molar-refractivity contribution is 9.10. The minimum Gasteiger partial charge on any atom is -0.361 e. The smallest absolute Gasteiger partial charge is 0.156 e. The first-order chi connectivity index (χ1) is 9.76. The molecule has 1 saturated carbocycles. The van der Waals surface area contributed by atoms with E-state index in [1.807, 2.05) is 11.8 Å². The number of rotatable bonds is 2. The Morgan fingerprint density at radius 1 is 1.25 bits per heavy atom. The van der Waals surface area contributed by atoms with Gasteiger partial charge in [-0.2, -0.15) is 0 Å². The lowest BCUT2D eigenvalue weighted by molar-refractivity contribution is 0.232. The predicted octanol–water partition coefficient (Wildman–Crippen LogP) is 4.59. The number of halogens is 1. The van der Waals surface area contributed by atoms with E-state index in [-0.39, 0.29) is 0 Å². The summed E-state index contributed by atoms with van der Waals surface area (Å²) in [5.41, 5.74) is 1.81. The summed E-state index contributed by atoms with van der Waals surface area (Å²) in [5, 5.41) is 4.61. The topological polar surface area (TPSA) is 24.4 Å². The fraction of sp³-hybridized carbons (Fsp3) is 0.562. The van der Waals surface area contributed by atoms with Crippen LogP contribution < -0.4 is 5.32 Å². The molecule has 0 unspecified atom stereocenters. The van der Waals surface area contributed by atoms with Gasteiger partial charge < -0.3 is 5.32 Å². The molecule has 108 valence electrons. The van der Waals surface area contributed by atoms with Gasteiger partial charge in [0, 0.05) is 23.3 Å². The molecular weight excluding hydrogens is 332 g/mol. The number of aliphatic imine (C=N–C) groups is 1. The van der Waals surface area contributed by atoms with Gasteiger partial charge in [0.2, 0.25) is 0 Å². The Balaban J connectivity index is 1.54. The van der Waals surface area contributed by atoms with E-state index in [0.29, 0.717) is 5.41 Å². The van der Waals surface area contributed by atoms with Crippen LogP contribution in [-0.4, -0.2) is 17.5 Å².